The summed E-state index contributed by atoms with van der Waals surface area (Å²) in [5.41, 5.74) is 3.09. The molecule has 1 saturated heterocycles. The molecule has 1 aromatic rings. The number of aryl methyl sites for hydroxylation is 1. The second-order valence-electron chi connectivity index (χ2n) is 5.30. The molecule has 0 bridgehead atoms. The van der Waals surface area contributed by atoms with E-state index < -0.39 is 0 Å². The zero-order valence-electron chi connectivity index (χ0n) is 12.3. The third kappa shape index (κ3) is 3.35. The van der Waals surface area contributed by atoms with Crippen LogP contribution >= 0.6 is 12.2 Å². The molecule has 1 fully saturated rings. The van der Waals surface area contributed by atoms with E-state index in [9.17, 15) is 4.79 Å². The lowest BCUT2D eigenvalue weighted by Crippen LogP contribution is -2.49. The van der Waals surface area contributed by atoms with E-state index in [1.807, 2.05) is 36.9 Å². The Bertz CT molecular complexity index is 522. The summed E-state index contributed by atoms with van der Waals surface area (Å²) in [7, 11) is 2.08. The molecule has 0 spiro atoms. The molecule has 1 aliphatic rings. The van der Waals surface area contributed by atoms with E-state index in [2.05, 4.69) is 17.3 Å². The third-order valence-corrected chi connectivity index (χ3v) is 4.28. The number of rotatable bonds is 1. The Balaban J connectivity index is 2.01. The van der Waals surface area contributed by atoms with Gasteiger partial charge in [-0.15, -0.1) is 0 Å². The van der Waals surface area contributed by atoms with Crippen LogP contribution in [0.2, 0.25) is 0 Å². The van der Waals surface area contributed by atoms with Gasteiger partial charge in [-0.3, -0.25) is 4.79 Å². The van der Waals surface area contributed by atoms with Crippen LogP contribution in [0.25, 0.3) is 0 Å². The summed E-state index contributed by atoms with van der Waals surface area (Å²) in [5.74, 6) is -0.182. The van der Waals surface area contributed by atoms with Crippen molar-refractivity contribution in [1.82, 2.24) is 9.80 Å². The molecule has 0 unspecified atom stereocenters. The first kappa shape index (κ1) is 14.9. The largest absolute Gasteiger partial charge is 0.356 e. The average molecular weight is 291 g/mol. The van der Waals surface area contributed by atoms with Crippen molar-refractivity contribution in [2.24, 2.45) is 0 Å². The molecular formula is C15H21N3OS. The van der Waals surface area contributed by atoms with Crippen molar-refractivity contribution >= 4 is 28.8 Å². The molecule has 1 aliphatic heterocycles. The molecule has 20 heavy (non-hydrogen) atoms. The highest BCUT2D eigenvalue weighted by molar-refractivity contribution is 7.82. The Labute approximate surface area is 125 Å². The van der Waals surface area contributed by atoms with E-state index >= 15 is 0 Å². The lowest BCUT2D eigenvalue weighted by molar-refractivity contribution is -0.110. The topological polar surface area (TPSA) is 35.6 Å². The fraction of sp³-hybridized carbons (Fsp3) is 0.467. The Kier molecular flexibility index (Phi) is 4.73. The monoisotopic (exact) mass is 291 g/mol. The van der Waals surface area contributed by atoms with E-state index in [0.29, 0.717) is 4.99 Å². The van der Waals surface area contributed by atoms with Crippen molar-refractivity contribution in [3.8, 4) is 0 Å². The number of anilines is 1. The fourth-order valence-corrected chi connectivity index (χ4v) is 2.45. The van der Waals surface area contributed by atoms with E-state index in [1.54, 1.807) is 0 Å². The molecule has 0 aromatic heterocycles. The maximum atomic E-state index is 12.2. The molecule has 0 aliphatic carbocycles. The summed E-state index contributed by atoms with van der Waals surface area (Å²) in [6, 6.07) is 5.88. The number of hydrogen-bond acceptors (Lipinski definition) is 3. The predicted octanol–water partition coefficient (Wildman–Crippen LogP) is 1.82. The first-order valence-electron chi connectivity index (χ1n) is 6.84. The maximum Gasteiger partial charge on any atom is 0.283 e. The van der Waals surface area contributed by atoms with Gasteiger partial charge in [-0.2, -0.15) is 0 Å². The molecule has 1 amide bonds. The van der Waals surface area contributed by atoms with Gasteiger partial charge in [-0.05, 0) is 38.1 Å². The van der Waals surface area contributed by atoms with Crippen LogP contribution in [0, 0.1) is 13.8 Å². The van der Waals surface area contributed by atoms with Crippen LogP contribution in [0.3, 0.4) is 0 Å². The van der Waals surface area contributed by atoms with Crippen LogP contribution in [0.4, 0.5) is 5.69 Å². The van der Waals surface area contributed by atoms with Crippen LogP contribution in [0.1, 0.15) is 11.1 Å². The molecule has 0 atom stereocenters. The normalized spacial score (nSPS) is 16.1. The van der Waals surface area contributed by atoms with Crippen LogP contribution in [-0.4, -0.2) is 53.9 Å². The molecule has 1 heterocycles. The molecule has 108 valence electrons. The number of thiocarbonyl (C=S) groups is 1. The van der Waals surface area contributed by atoms with Crippen LogP contribution in [-0.2, 0) is 4.79 Å². The fourth-order valence-electron chi connectivity index (χ4n) is 2.22. The van der Waals surface area contributed by atoms with E-state index in [0.717, 1.165) is 43.0 Å². The second kappa shape index (κ2) is 6.33. The minimum atomic E-state index is -0.182. The minimum Gasteiger partial charge on any atom is -0.356 e. The Hall–Kier alpha value is -1.46. The van der Waals surface area contributed by atoms with Gasteiger partial charge in [0, 0.05) is 31.9 Å². The predicted molar refractivity (Wildman–Crippen MR) is 86.2 cm³/mol. The number of amides is 1. The molecule has 1 N–H and O–H groups in total. The van der Waals surface area contributed by atoms with Crippen molar-refractivity contribution < 1.29 is 4.79 Å². The highest BCUT2D eigenvalue weighted by atomic mass is 32.1. The standard InChI is InChI=1S/C15H21N3OS/c1-11-5-4-6-13(12(11)2)16-14(19)15(20)18-9-7-17(3)8-10-18/h4-6H,7-10H2,1-3H3,(H,16,19). The van der Waals surface area contributed by atoms with Gasteiger partial charge in [0.25, 0.3) is 5.91 Å². The van der Waals surface area contributed by atoms with Gasteiger partial charge in [0.05, 0.1) is 0 Å². The summed E-state index contributed by atoms with van der Waals surface area (Å²) >= 11 is 5.31. The molecule has 2 rings (SSSR count). The molecule has 5 heteroatoms. The van der Waals surface area contributed by atoms with E-state index in [-0.39, 0.29) is 5.91 Å². The number of nitrogens with zero attached hydrogens (tertiary/aromatic N) is 2. The molecule has 4 nitrogen and oxygen atoms in total. The first-order chi connectivity index (χ1) is 9.49. The van der Waals surface area contributed by atoms with Crippen molar-refractivity contribution in [1.29, 1.82) is 0 Å². The van der Waals surface area contributed by atoms with Gasteiger partial charge in [0.15, 0.2) is 4.99 Å². The van der Waals surface area contributed by atoms with Gasteiger partial charge < -0.3 is 15.1 Å². The van der Waals surface area contributed by atoms with Gasteiger partial charge >= 0.3 is 0 Å². The first-order valence-corrected chi connectivity index (χ1v) is 7.25. The summed E-state index contributed by atoms with van der Waals surface area (Å²) in [5, 5.41) is 2.92. The quantitative estimate of drug-likeness (QED) is 0.801. The molecular weight excluding hydrogens is 270 g/mol. The lowest BCUT2D eigenvalue weighted by Gasteiger charge is -2.33. The maximum absolute atomic E-state index is 12.2. The van der Waals surface area contributed by atoms with Crippen LogP contribution in [0.15, 0.2) is 18.2 Å². The smallest absolute Gasteiger partial charge is 0.283 e. The van der Waals surface area contributed by atoms with Crippen molar-refractivity contribution in [2.75, 3.05) is 38.5 Å². The molecule has 0 saturated carbocycles. The zero-order valence-corrected chi connectivity index (χ0v) is 13.1. The lowest BCUT2D eigenvalue weighted by atomic mass is 10.1. The number of likely N-dealkylation sites (N-methyl/N-ethyl adjacent to an activating group) is 1. The summed E-state index contributed by atoms with van der Waals surface area (Å²) in [6.45, 7) is 7.55. The molecule has 0 radical (unpaired) electrons. The van der Waals surface area contributed by atoms with Crippen molar-refractivity contribution in [3.05, 3.63) is 29.3 Å². The van der Waals surface area contributed by atoms with E-state index in [1.165, 1.54) is 0 Å². The van der Waals surface area contributed by atoms with E-state index in [4.69, 9.17) is 12.2 Å². The number of benzene rings is 1. The third-order valence-electron chi connectivity index (χ3n) is 3.84. The summed E-state index contributed by atoms with van der Waals surface area (Å²) in [4.78, 5) is 16.9. The van der Waals surface area contributed by atoms with Crippen molar-refractivity contribution in [3.63, 3.8) is 0 Å². The van der Waals surface area contributed by atoms with Gasteiger partial charge in [0.1, 0.15) is 0 Å². The zero-order chi connectivity index (χ0) is 14.7. The minimum absolute atomic E-state index is 0.182. The van der Waals surface area contributed by atoms with Gasteiger partial charge in [-0.1, -0.05) is 24.4 Å². The highest BCUT2D eigenvalue weighted by Gasteiger charge is 2.21. The summed E-state index contributed by atoms with van der Waals surface area (Å²) < 4.78 is 0. The second-order valence-corrected chi connectivity index (χ2v) is 5.68. The van der Waals surface area contributed by atoms with Crippen molar-refractivity contribution in [2.45, 2.75) is 13.8 Å². The number of piperazine rings is 1. The SMILES string of the molecule is Cc1cccc(NC(=O)C(=S)N2CCN(C)CC2)c1C. The number of nitrogens with one attached hydrogen (secondary N) is 1. The number of carbonyl (C=O) groups excluding carboxylic acids is 1. The summed E-state index contributed by atoms with van der Waals surface area (Å²) in [6.07, 6.45) is 0. The van der Waals surface area contributed by atoms with Gasteiger partial charge in [0.2, 0.25) is 0 Å². The average Bonchev–Trinajstić information content (AvgIpc) is 2.44. The molecule has 1 aromatic carbocycles. The Morgan fingerprint density at radius 3 is 2.50 bits per heavy atom. The highest BCUT2D eigenvalue weighted by Crippen LogP contribution is 2.18. The number of carbonyl (C=O) groups is 1. The Morgan fingerprint density at radius 1 is 1.20 bits per heavy atom. The van der Waals surface area contributed by atoms with Crippen LogP contribution in [0.5, 0.6) is 0 Å². The van der Waals surface area contributed by atoms with Gasteiger partial charge in [-0.25, -0.2) is 0 Å². The number of hydrogen-bond donors (Lipinski definition) is 1. The van der Waals surface area contributed by atoms with Crippen LogP contribution < -0.4 is 5.32 Å². The Morgan fingerprint density at radius 2 is 1.85 bits per heavy atom.